The molecule has 3 rings (SSSR count). The van der Waals surface area contributed by atoms with Gasteiger partial charge >= 0.3 is 0 Å². The van der Waals surface area contributed by atoms with Crippen molar-refractivity contribution in [1.82, 2.24) is 15.6 Å². The number of nitrogens with one attached hydrogen (secondary N) is 2. The SMILES string of the molecule is CCNC(=NCc1cc(F)ccc1F)NCc1nccc2ccccc12. The van der Waals surface area contributed by atoms with Crippen LogP contribution >= 0.6 is 0 Å². The minimum Gasteiger partial charge on any atom is -0.357 e. The van der Waals surface area contributed by atoms with Crippen LogP contribution in [-0.2, 0) is 13.1 Å². The molecule has 0 aliphatic heterocycles. The van der Waals surface area contributed by atoms with Crippen molar-refractivity contribution >= 4 is 16.7 Å². The zero-order valence-electron chi connectivity index (χ0n) is 14.5. The number of hydrogen-bond donors (Lipinski definition) is 2. The molecule has 3 aromatic rings. The van der Waals surface area contributed by atoms with Crippen LogP contribution in [0.5, 0.6) is 0 Å². The summed E-state index contributed by atoms with van der Waals surface area (Å²) in [7, 11) is 0. The maximum atomic E-state index is 13.7. The van der Waals surface area contributed by atoms with Gasteiger partial charge in [0, 0.05) is 23.7 Å². The van der Waals surface area contributed by atoms with Crippen molar-refractivity contribution in [2.75, 3.05) is 6.54 Å². The van der Waals surface area contributed by atoms with E-state index in [1.165, 1.54) is 0 Å². The van der Waals surface area contributed by atoms with Crippen molar-refractivity contribution in [2.45, 2.75) is 20.0 Å². The average Bonchev–Trinajstić information content (AvgIpc) is 2.66. The molecule has 0 aliphatic rings. The second kappa shape index (κ2) is 8.38. The fourth-order valence-electron chi connectivity index (χ4n) is 2.66. The average molecular weight is 354 g/mol. The molecule has 1 aromatic heterocycles. The van der Waals surface area contributed by atoms with Crippen LogP contribution < -0.4 is 10.6 Å². The first kappa shape index (κ1) is 17.8. The second-order valence-electron chi connectivity index (χ2n) is 5.76. The summed E-state index contributed by atoms with van der Waals surface area (Å²) in [4.78, 5) is 8.77. The normalized spacial score (nSPS) is 11.6. The van der Waals surface area contributed by atoms with E-state index in [4.69, 9.17) is 0 Å². The topological polar surface area (TPSA) is 49.3 Å². The quantitative estimate of drug-likeness (QED) is 0.542. The Kier molecular flexibility index (Phi) is 5.73. The highest BCUT2D eigenvalue weighted by atomic mass is 19.1. The van der Waals surface area contributed by atoms with E-state index >= 15 is 0 Å². The highest BCUT2D eigenvalue weighted by Crippen LogP contribution is 2.16. The lowest BCUT2D eigenvalue weighted by Gasteiger charge is -2.12. The van der Waals surface area contributed by atoms with E-state index in [1.54, 1.807) is 6.20 Å². The van der Waals surface area contributed by atoms with Gasteiger partial charge < -0.3 is 10.6 Å². The van der Waals surface area contributed by atoms with Gasteiger partial charge in [0.25, 0.3) is 0 Å². The summed E-state index contributed by atoms with van der Waals surface area (Å²) >= 11 is 0. The number of fused-ring (bicyclic) bond motifs is 1. The third kappa shape index (κ3) is 4.33. The molecule has 2 N–H and O–H groups in total. The first-order chi connectivity index (χ1) is 12.7. The summed E-state index contributed by atoms with van der Waals surface area (Å²) in [5.74, 6) is -0.429. The Hall–Kier alpha value is -3.02. The number of aromatic nitrogens is 1. The van der Waals surface area contributed by atoms with Crippen molar-refractivity contribution < 1.29 is 8.78 Å². The van der Waals surface area contributed by atoms with E-state index in [2.05, 4.69) is 20.6 Å². The Balaban J connectivity index is 1.74. The molecule has 0 saturated heterocycles. The molecule has 0 aliphatic carbocycles. The molecule has 0 radical (unpaired) electrons. The summed E-state index contributed by atoms with van der Waals surface area (Å²) in [6.07, 6.45) is 1.77. The molecule has 0 atom stereocenters. The number of rotatable bonds is 5. The van der Waals surface area contributed by atoms with Crippen molar-refractivity contribution in [3.8, 4) is 0 Å². The minimum absolute atomic E-state index is 0.0435. The highest BCUT2D eigenvalue weighted by Gasteiger charge is 2.06. The summed E-state index contributed by atoms with van der Waals surface area (Å²) in [5, 5.41) is 8.47. The van der Waals surface area contributed by atoms with Crippen LogP contribution in [0.4, 0.5) is 8.78 Å². The van der Waals surface area contributed by atoms with E-state index in [0.717, 1.165) is 34.7 Å². The zero-order chi connectivity index (χ0) is 18.4. The highest BCUT2D eigenvalue weighted by molar-refractivity contribution is 5.85. The van der Waals surface area contributed by atoms with Crippen molar-refractivity contribution in [3.05, 3.63) is 77.6 Å². The monoisotopic (exact) mass is 354 g/mol. The molecule has 2 aromatic carbocycles. The van der Waals surface area contributed by atoms with E-state index < -0.39 is 11.6 Å². The van der Waals surface area contributed by atoms with Crippen LogP contribution in [0.1, 0.15) is 18.2 Å². The van der Waals surface area contributed by atoms with Gasteiger partial charge in [-0.1, -0.05) is 24.3 Å². The number of nitrogens with zero attached hydrogens (tertiary/aromatic N) is 2. The van der Waals surface area contributed by atoms with Crippen LogP contribution in [0.3, 0.4) is 0 Å². The third-order valence-corrected chi connectivity index (χ3v) is 3.94. The van der Waals surface area contributed by atoms with Crippen LogP contribution in [0, 0.1) is 11.6 Å². The first-order valence-electron chi connectivity index (χ1n) is 8.46. The number of halogens is 2. The Labute approximate surface area is 151 Å². The zero-order valence-corrected chi connectivity index (χ0v) is 14.5. The number of benzene rings is 2. The summed E-state index contributed by atoms with van der Waals surface area (Å²) in [6, 6.07) is 13.3. The fraction of sp³-hybridized carbons (Fsp3) is 0.200. The van der Waals surface area contributed by atoms with E-state index in [-0.39, 0.29) is 12.1 Å². The Morgan fingerprint density at radius 2 is 1.92 bits per heavy atom. The van der Waals surface area contributed by atoms with Crippen LogP contribution in [0.2, 0.25) is 0 Å². The summed E-state index contributed by atoms with van der Waals surface area (Å²) < 4.78 is 27.0. The minimum atomic E-state index is -0.477. The first-order valence-corrected chi connectivity index (χ1v) is 8.46. The molecule has 0 unspecified atom stereocenters. The molecular weight excluding hydrogens is 334 g/mol. The predicted octanol–water partition coefficient (Wildman–Crippen LogP) is 3.77. The van der Waals surface area contributed by atoms with Gasteiger partial charge in [-0.3, -0.25) is 4.98 Å². The number of pyridine rings is 1. The lowest BCUT2D eigenvalue weighted by molar-refractivity contribution is 0.585. The standard InChI is InChI=1S/C20H20F2N4/c1-2-23-20(25-12-15-11-16(21)7-8-18(15)22)26-13-19-17-6-4-3-5-14(17)9-10-24-19/h3-11H,2,12-13H2,1H3,(H2,23,25,26). The van der Waals surface area contributed by atoms with Crippen molar-refractivity contribution in [1.29, 1.82) is 0 Å². The second-order valence-corrected chi connectivity index (χ2v) is 5.76. The molecule has 6 heteroatoms. The predicted molar refractivity (Wildman–Crippen MR) is 99.8 cm³/mol. The molecule has 134 valence electrons. The van der Waals surface area contributed by atoms with Gasteiger partial charge in [-0.15, -0.1) is 0 Å². The van der Waals surface area contributed by atoms with Crippen LogP contribution in [0.25, 0.3) is 10.8 Å². The molecule has 0 amide bonds. The Morgan fingerprint density at radius 1 is 1.08 bits per heavy atom. The number of hydrogen-bond acceptors (Lipinski definition) is 2. The van der Waals surface area contributed by atoms with Crippen molar-refractivity contribution in [2.24, 2.45) is 4.99 Å². The summed E-state index contributed by atoms with van der Waals surface area (Å²) in [6.45, 7) is 3.11. The lowest BCUT2D eigenvalue weighted by Crippen LogP contribution is -2.37. The molecule has 26 heavy (non-hydrogen) atoms. The van der Waals surface area contributed by atoms with E-state index in [9.17, 15) is 8.78 Å². The Morgan fingerprint density at radius 3 is 2.77 bits per heavy atom. The molecule has 0 spiro atoms. The van der Waals surface area contributed by atoms with E-state index in [1.807, 2.05) is 37.3 Å². The number of guanidine groups is 1. The number of aliphatic imine (C=N–C) groups is 1. The van der Waals surface area contributed by atoms with Crippen molar-refractivity contribution in [3.63, 3.8) is 0 Å². The van der Waals surface area contributed by atoms with Gasteiger partial charge in [0.2, 0.25) is 0 Å². The summed E-state index contributed by atoms with van der Waals surface area (Å²) in [5.41, 5.74) is 1.11. The molecule has 0 fully saturated rings. The van der Waals surface area contributed by atoms with Gasteiger partial charge in [0.1, 0.15) is 11.6 Å². The maximum Gasteiger partial charge on any atom is 0.191 e. The molecule has 0 saturated carbocycles. The van der Waals surface area contributed by atoms with Crippen LogP contribution in [0.15, 0.2) is 59.7 Å². The fourth-order valence-corrected chi connectivity index (χ4v) is 2.66. The van der Waals surface area contributed by atoms with Gasteiger partial charge in [0.05, 0.1) is 18.8 Å². The van der Waals surface area contributed by atoms with Gasteiger partial charge in [-0.25, -0.2) is 13.8 Å². The molecule has 1 heterocycles. The van der Waals surface area contributed by atoms with Gasteiger partial charge in [-0.2, -0.15) is 0 Å². The molecule has 4 nitrogen and oxygen atoms in total. The third-order valence-electron chi connectivity index (χ3n) is 3.94. The smallest absolute Gasteiger partial charge is 0.191 e. The largest absolute Gasteiger partial charge is 0.357 e. The maximum absolute atomic E-state index is 13.7. The Bertz CT molecular complexity index is 919. The lowest BCUT2D eigenvalue weighted by atomic mass is 10.1. The molecule has 0 bridgehead atoms. The van der Waals surface area contributed by atoms with Gasteiger partial charge in [0.15, 0.2) is 5.96 Å². The van der Waals surface area contributed by atoms with Gasteiger partial charge in [-0.05, 0) is 36.6 Å². The van der Waals surface area contributed by atoms with E-state index in [0.29, 0.717) is 19.0 Å². The van der Waals surface area contributed by atoms with Crippen LogP contribution in [-0.4, -0.2) is 17.5 Å². The molecular formula is C20H20F2N4.